The smallest absolute Gasteiger partial charge is 0.410 e. The van der Waals surface area contributed by atoms with E-state index in [4.69, 9.17) is 19.9 Å². The Kier molecular flexibility index (Phi) is 31.8. The number of nitrogens with zero attached hydrogens (tertiary/aromatic N) is 4. The second-order valence-electron chi connectivity index (χ2n) is 24.0. The molecule has 2 heterocycles. The summed E-state index contributed by atoms with van der Waals surface area (Å²) in [6.45, 7) is 12.2. The highest BCUT2D eigenvalue weighted by Crippen LogP contribution is 2.30. The second kappa shape index (κ2) is 37.9. The Morgan fingerprint density at radius 2 is 1.45 bits per heavy atom. The number of hydrogen-bond donors (Lipinski definition) is 6. The summed E-state index contributed by atoms with van der Waals surface area (Å²) in [4.78, 5) is 149. The van der Waals surface area contributed by atoms with Crippen LogP contribution in [0.4, 0.5) is 19.3 Å². The Labute approximate surface area is 537 Å². The van der Waals surface area contributed by atoms with Crippen LogP contribution in [0.2, 0.25) is 0 Å². The number of likely N-dealkylation sites (N-methyl/N-ethyl adjacent to an activating group) is 2. The second-order valence-corrected chi connectivity index (χ2v) is 25.3. The van der Waals surface area contributed by atoms with Crippen molar-refractivity contribution in [1.29, 1.82) is 0 Å². The van der Waals surface area contributed by atoms with E-state index in [0.29, 0.717) is 68.5 Å². The minimum Gasteiger partial charge on any atom is -0.445 e. The van der Waals surface area contributed by atoms with Gasteiger partial charge >= 0.3 is 6.09 Å². The van der Waals surface area contributed by atoms with Crippen LogP contribution in [0.5, 0.6) is 0 Å². The summed E-state index contributed by atoms with van der Waals surface area (Å²) in [7, 11) is 5.92. The number of thioether (sulfide) groups is 1. The number of carbonyl (C=O) groups is 11. The molecule has 7 N–H and O–H groups in total. The number of methoxy groups -OCH3 is 2. The zero-order valence-corrected chi connectivity index (χ0v) is 55.4. The molecule has 0 aromatic heterocycles. The molecule has 0 spiro atoms. The third-order valence-corrected chi connectivity index (χ3v) is 18.0. The van der Waals surface area contributed by atoms with E-state index in [2.05, 4.69) is 26.6 Å². The SMILES string of the molecule is CC[C@H](C)C([C@@H](CC(=O)N1CCC[C@H]1[C@H](OC)[C@@H](C)C(=O)NCCc1c(F)cccc1F)OC)N(C)C(=O)CNC(=O)C(C(C)C)N(C)C(=O)OCc1ccc(NC(=O)CNC(=O)C(NC(=O)CCCCCN2C(=O)CC(SCCCC(N)=O)C2=O)C(C)C)cc1. The van der Waals surface area contributed by atoms with Crippen LogP contribution in [0, 0.1) is 35.3 Å². The van der Waals surface area contributed by atoms with Gasteiger partial charge in [-0.2, -0.15) is 0 Å². The summed E-state index contributed by atoms with van der Waals surface area (Å²) in [5, 5.41) is 13.0. The minimum absolute atomic E-state index is 0.0124. The molecule has 0 bridgehead atoms. The third kappa shape index (κ3) is 23.1. The number of likely N-dealkylation sites (tertiary alicyclic amines) is 2. The number of carbonyl (C=O) groups excluding carboxylic acids is 11. The van der Waals surface area contributed by atoms with Crippen LogP contribution in [-0.4, -0.2) is 193 Å². The van der Waals surface area contributed by atoms with E-state index in [1.165, 1.54) is 48.9 Å². The van der Waals surface area contributed by atoms with Crippen LogP contribution in [-0.2, 0) is 75.2 Å². The van der Waals surface area contributed by atoms with E-state index < -0.39 is 120 Å². The molecule has 0 radical (unpaired) electrons. The van der Waals surface area contributed by atoms with Gasteiger partial charge in [0, 0.05) is 78.5 Å². The Hall–Kier alpha value is -7.26. The highest BCUT2D eigenvalue weighted by atomic mass is 32.2. The third-order valence-electron chi connectivity index (χ3n) is 16.7. The van der Waals surface area contributed by atoms with Crippen molar-refractivity contribution in [2.75, 3.05) is 72.1 Å². The number of nitrogens with one attached hydrogen (secondary N) is 5. The van der Waals surface area contributed by atoms with Crippen molar-refractivity contribution >= 4 is 82.6 Å². The molecule has 2 fully saturated rings. The van der Waals surface area contributed by atoms with Gasteiger partial charge in [0.15, 0.2) is 0 Å². The van der Waals surface area contributed by atoms with Gasteiger partial charge in [-0.25, -0.2) is 13.6 Å². The normalized spacial score (nSPS) is 17.1. The van der Waals surface area contributed by atoms with E-state index >= 15 is 0 Å². The lowest BCUT2D eigenvalue weighted by atomic mass is 9.90. The molecule has 2 saturated heterocycles. The van der Waals surface area contributed by atoms with Crippen molar-refractivity contribution in [3.63, 3.8) is 0 Å². The lowest BCUT2D eigenvalue weighted by Gasteiger charge is -2.39. The maximum Gasteiger partial charge on any atom is 0.410 e. The van der Waals surface area contributed by atoms with Crippen molar-refractivity contribution < 1.29 is 75.7 Å². The number of amides is 11. The molecule has 9 atom stereocenters. The van der Waals surface area contributed by atoms with Crippen LogP contribution in [0.15, 0.2) is 42.5 Å². The van der Waals surface area contributed by atoms with Crippen LogP contribution in [0.1, 0.15) is 130 Å². The summed E-state index contributed by atoms with van der Waals surface area (Å²) in [5.74, 6) is -6.60. The first kappa shape index (κ1) is 76.2. The number of primary amides is 1. The molecule has 91 heavy (non-hydrogen) atoms. The molecule has 4 rings (SSSR count). The number of imide groups is 1. The number of nitrogens with two attached hydrogens (primary N) is 1. The fraction of sp³-hybridized carbons (Fsp3) is 0.641. The van der Waals surface area contributed by atoms with E-state index in [1.807, 2.05) is 13.8 Å². The number of ether oxygens (including phenoxy) is 3. The average molecular weight is 1300 g/mol. The van der Waals surface area contributed by atoms with Gasteiger partial charge in [0.05, 0.1) is 55.0 Å². The maximum absolute atomic E-state index is 14.2. The van der Waals surface area contributed by atoms with Crippen LogP contribution in [0.3, 0.4) is 0 Å². The van der Waals surface area contributed by atoms with Crippen molar-refractivity contribution in [2.24, 2.45) is 29.4 Å². The van der Waals surface area contributed by atoms with Crippen LogP contribution in [0.25, 0.3) is 0 Å². The molecule has 0 aliphatic carbocycles. The van der Waals surface area contributed by atoms with Gasteiger partial charge in [-0.1, -0.05) is 79.5 Å². The van der Waals surface area contributed by atoms with Crippen molar-refractivity contribution in [1.82, 2.24) is 40.9 Å². The fourth-order valence-electron chi connectivity index (χ4n) is 11.4. The molecular formula is C64H96F2N10O14S. The molecule has 2 aliphatic rings. The van der Waals surface area contributed by atoms with Gasteiger partial charge in [-0.3, -0.25) is 57.7 Å². The molecule has 27 heteroatoms. The molecule has 4 unspecified atom stereocenters. The molecule has 506 valence electrons. The summed E-state index contributed by atoms with van der Waals surface area (Å²) in [6, 6.07) is 6.91. The van der Waals surface area contributed by atoms with Gasteiger partial charge < -0.3 is 56.3 Å². The Bertz CT molecular complexity index is 2800. The molecule has 0 saturated carbocycles. The van der Waals surface area contributed by atoms with E-state index in [9.17, 15) is 61.5 Å². The standard InChI is InChI=1S/C64H96F2N10O14S/c1-12-40(6)58(48(88-10)33-53(80)75-31-17-21-47(75)59(89-11)41(7)60(83)68-29-28-44-45(65)19-16-20-46(44)66)73(8)55(82)36-70-62(85)57(39(4)5)74(9)64(87)90-37-42-24-26-43(27-25-42)71-52(79)35-69-61(84)56(38(2)3)72-51(78)23-14-13-15-30-76-54(81)34-49(63(76)86)91-32-18-22-50(67)77/h16,19-20,24-27,38-41,47-49,56-59H,12-15,17-18,21-23,28-37H2,1-11H3,(H2,67,77)(H,68,83)(H,69,84)(H,70,85)(H,71,79)(H,72,78)/t40-,41+,47-,48+,49?,56?,57?,58?,59+/m0/s1. The highest BCUT2D eigenvalue weighted by molar-refractivity contribution is 8.00. The number of unbranched alkanes of at least 4 members (excludes halogenated alkanes) is 2. The predicted octanol–water partition coefficient (Wildman–Crippen LogP) is 4.84. The largest absolute Gasteiger partial charge is 0.445 e. The average Bonchev–Trinajstić information content (AvgIpc) is 1.86. The van der Waals surface area contributed by atoms with E-state index in [0.717, 1.165) is 17.0 Å². The molecule has 2 aromatic rings. The molecule has 2 aliphatic heterocycles. The zero-order valence-electron chi connectivity index (χ0n) is 54.6. The van der Waals surface area contributed by atoms with Gasteiger partial charge in [-0.05, 0) is 91.9 Å². The monoisotopic (exact) mass is 1300 g/mol. The van der Waals surface area contributed by atoms with Crippen molar-refractivity contribution in [3.8, 4) is 0 Å². The number of benzene rings is 2. The molecule has 11 amide bonds. The van der Waals surface area contributed by atoms with Gasteiger partial charge in [0.1, 0.15) is 30.3 Å². The lowest BCUT2D eigenvalue weighted by molar-refractivity contribution is -0.145. The summed E-state index contributed by atoms with van der Waals surface area (Å²) < 4.78 is 45.8. The van der Waals surface area contributed by atoms with Gasteiger partial charge in [0.2, 0.25) is 59.1 Å². The van der Waals surface area contributed by atoms with Crippen molar-refractivity contribution in [2.45, 2.75) is 174 Å². The first-order valence-corrected chi connectivity index (χ1v) is 32.4. The quantitative estimate of drug-likeness (QED) is 0.0387. The summed E-state index contributed by atoms with van der Waals surface area (Å²) >= 11 is 1.34. The topological polar surface area (TPSA) is 315 Å². The zero-order chi connectivity index (χ0) is 67.6. The maximum atomic E-state index is 14.2. The first-order valence-electron chi connectivity index (χ1n) is 31.3. The summed E-state index contributed by atoms with van der Waals surface area (Å²) in [6.07, 6.45) is 1.84. The van der Waals surface area contributed by atoms with Crippen LogP contribution < -0.4 is 32.3 Å². The van der Waals surface area contributed by atoms with Gasteiger partial charge in [-0.15, -0.1) is 11.8 Å². The molecular weight excluding hydrogens is 1200 g/mol. The Morgan fingerprint density at radius 1 is 0.780 bits per heavy atom. The number of anilines is 1. The van der Waals surface area contributed by atoms with E-state index in [-0.39, 0.29) is 92.8 Å². The van der Waals surface area contributed by atoms with E-state index in [1.54, 1.807) is 70.8 Å². The number of halogens is 2. The predicted molar refractivity (Wildman–Crippen MR) is 338 cm³/mol. The lowest BCUT2D eigenvalue weighted by Crippen LogP contribution is -2.55. The number of rotatable bonds is 38. The summed E-state index contributed by atoms with van der Waals surface area (Å²) in [5.41, 5.74) is 5.97. The number of hydrogen-bond acceptors (Lipinski definition) is 15. The Balaban J connectivity index is 1.21. The van der Waals surface area contributed by atoms with Crippen LogP contribution >= 0.6 is 11.8 Å². The van der Waals surface area contributed by atoms with Gasteiger partial charge in [0.25, 0.3) is 0 Å². The molecule has 24 nitrogen and oxygen atoms in total. The van der Waals surface area contributed by atoms with Crippen molar-refractivity contribution in [3.05, 3.63) is 65.2 Å². The Morgan fingerprint density at radius 3 is 2.07 bits per heavy atom. The highest BCUT2D eigenvalue weighted by Gasteiger charge is 2.43. The molecule has 2 aromatic carbocycles. The fourth-order valence-corrected chi connectivity index (χ4v) is 12.5. The first-order chi connectivity index (χ1) is 43.1. The minimum atomic E-state index is -1.05.